The molecule has 0 N–H and O–H groups in total. The van der Waals surface area contributed by atoms with Crippen LogP contribution >= 0.6 is 0 Å². The van der Waals surface area contributed by atoms with Gasteiger partial charge in [0, 0.05) is 24.0 Å². The van der Waals surface area contributed by atoms with Gasteiger partial charge in [-0.3, -0.25) is 0 Å². The fourth-order valence-electron chi connectivity index (χ4n) is 3.90. The SMILES string of the molecule is C#CCCCOc1ccc(-c2ccccc2Oc2ccccc2-c2ccc(OCCCC#C)cc2)cc1. The molecular weight excluding hydrogens is 456 g/mol. The third-order valence-corrected chi connectivity index (χ3v) is 5.79. The largest absolute Gasteiger partial charge is 0.494 e. The van der Waals surface area contributed by atoms with Gasteiger partial charge >= 0.3 is 0 Å². The van der Waals surface area contributed by atoms with Gasteiger partial charge in [0.15, 0.2) is 0 Å². The maximum Gasteiger partial charge on any atom is 0.135 e. The van der Waals surface area contributed by atoms with Crippen LogP contribution in [0.3, 0.4) is 0 Å². The molecule has 0 aliphatic carbocycles. The molecular formula is C34H30O3. The molecule has 184 valence electrons. The monoisotopic (exact) mass is 486 g/mol. The standard InChI is InChI=1S/C34H30O3/c1-3-5-11-25-35-29-21-17-27(18-22-29)31-13-7-9-15-33(31)37-34-16-10-8-14-32(34)28-19-23-30(24-20-28)36-26-12-6-4-2/h1-2,7-10,13-24H,5-6,11-12,25-26H2. The summed E-state index contributed by atoms with van der Waals surface area (Å²) < 4.78 is 18.1. The lowest BCUT2D eigenvalue weighted by Gasteiger charge is -2.15. The van der Waals surface area contributed by atoms with Crippen molar-refractivity contribution in [3.63, 3.8) is 0 Å². The minimum Gasteiger partial charge on any atom is -0.494 e. The van der Waals surface area contributed by atoms with Gasteiger partial charge in [-0.2, -0.15) is 0 Å². The molecule has 37 heavy (non-hydrogen) atoms. The van der Waals surface area contributed by atoms with Crippen molar-refractivity contribution in [1.82, 2.24) is 0 Å². The molecule has 0 saturated heterocycles. The Balaban J connectivity index is 1.50. The van der Waals surface area contributed by atoms with E-state index in [1.165, 1.54) is 0 Å². The summed E-state index contributed by atoms with van der Waals surface area (Å²) in [5.74, 6) is 8.49. The maximum atomic E-state index is 6.49. The number of benzene rings is 4. The van der Waals surface area contributed by atoms with Gasteiger partial charge in [0.05, 0.1) is 13.2 Å². The Morgan fingerprint density at radius 1 is 0.514 bits per heavy atom. The average molecular weight is 487 g/mol. The van der Waals surface area contributed by atoms with E-state index in [-0.39, 0.29) is 0 Å². The molecule has 4 aromatic rings. The predicted molar refractivity (Wildman–Crippen MR) is 151 cm³/mol. The van der Waals surface area contributed by atoms with E-state index in [1.807, 2.05) is 84.9 Å². The smallest absolute Gasteiger partial charge is 0.135 e. The number of para-hydroxylation sites is 2. The minimum atomic E-state index is 0.610. The van der Waals surface area contributed by atoms with Crippen molar-refractivity contribution in [3.05, 3.63) is 97.1 Å². The number of unbranched alkanes of at least 4 members (excludes halogenated alkanes) is 2. The fourth-order valence-corrected chi connectivity index (χ4v) is 3.90. The van der Waals surface area contributed by atoms with Crippen LogP contribution < -0.4 is 14.2 Å². The average Bonchev–Trinajstić information content (AvgIpc) is 2.95. The highest BCUT2D eigenvalue weighted by Crippen LogP contribution is 2.38. The van der Waals surface area contributed by atoms with Crippen LogP contribution in [0.1, 0.15) is 25.7 Å². The minimum absolute atomic E-state index is 0.610. The summed E-state index contributed by atoms with van der Waals surface area (Å²) in [4.78, 5) is 0. The molecule has 0 saturated carbocycles. The molecule has 0 atom stereocenters. The van der Waals surface area contributed by atoms with Gasteiger partial charge in [-0.1, -0.05) is 60.7 Å². The van der Waals surface area contributed by atoms with Crippen LogP contribution in [0.25, 0.3) is 22.3 Å². The maximum absolute atomic E-state index is 6.49. The second-order valence-electron chi connectivity index (χ2n) is 8.46. The molecule has 0 heterocycles. The number of terminal acetylenes is 2. The number of hydrogen-bond acceptors (Lipinski definition) is 3. The Hall–Kier alpha value is -4.60. The van der Waals surface area contributed by atoms with Crippen LogP contribution in [0.15, 0.2) is 97.1 Å². The molecule has 3 nitrogen and oxygen atoms in total. The lowest BCUT2D eigenvalue weighted by molar-refractivity contribution is 0.313. The number of ether oxygens (including phenoxy) is 3. The fraction of sp³-hybridized carbons (Fsp3) is 0.176. The van der Waals surface area contributed by atoms with Crippen LogP contribution in [-0.2, 0) is 0 Å². The summed E-state index contributed by atoms with van der Waals surface area (Å²) in [5, 5.41) is 0. The van der Waals surface area contributed by atoms with Crippen molar-refractivity contribution in [2.24, 2.45) is 0 Å². The first kappa shape index (κ1) is 25.5. The Kier molecular flexibility index (Phi) is 9.29. The molecule has 0 aromatic heterocycles. The zero-order valence-electron chi connectivity index (χ0n) is 20.9. The van der Waals surface area contributed by atoms with Crippen LogP contribution in [0.5, 0.6) is 23.0 Å². The molecule has 0 fully saturated rings. The van der Waals surface area contributed by atoms with E-state index in [4.69, 9.17) is 27.1 Å². The van der Waals surface area contributed by atoms with Crippen LogP contribution in [-0.4, -0.2) is 13.2 Å². The van der Waals surface area contributed by atoms with E-state index >= 15 is 0 Å². The summed E-state index contributed by atoms with van der Waals surface area (Å²) in [6.45, 7) is 1.22. The number of hydrogen-bond donors (Lipinski definition) is 0. The highest BCUT2D eigenvalue weighted by Gasteiger charge is 2.11. The molecule has 0 spiro atoms. The van der Waals surface area contributed by atoms with E-state index in [9.17, 15) is 0 Å². The van der Waals surface area contributed by atoms with Crippen molar-refractivity contribution in [1.29, 1.82) is 0 Å². The summed E-state index contributed by atoms with van der Waals surface area (Å²) in [6.07, 6.45) is 13.7. The third kappa shape index (κ3) is 7.20. The van der Waals surface area contributed by atoms with Crippen molar-refractivity contribution in [3.8, 4) is 69.9 Å². The van der Waals surface area contributed by atoms with E-state index in [1.54, 1.807) is 0 Å². The molecule has 0 unspecified atom stereocenters. The van der Waals surface area contributed by atoms with Gasteiger partial charge in [0.2, 0.25) is 0 Å². The third-order valence-electron chi connectivity index (χ3n) is 5.79. The van der Waals surface area contributed by atoms with Gasteiger partial charge in [-0.05, 0) is 60.4 Å². The van der Waals surface area contributed by atoms with E-state index < -0.39 is 0 Å². The zero-order valence-corrected chi connectivity index (χ0v) is 20.9. The molecule has 0 amide bonds. The molecule has 3 heteroatoms. The van der Waals surface area contributed by atoms with Crippen LogP contribution in [0.2, 0.25) is 0 Å². The molecule has 0 bridgehead atoms. The van der Waals surface area contributed by atoms with Gasteiger partial charge in [-0.15, -0.1) is 24.7 Å². The van der Waals surface area contributed by atoms with Crippen LogP contribution in [0, 0.1) is 24.7 Å². The second kappa shape index (κ2) is 13.5. The summed E-state index contributed by atoms with van der Waals surface area (Å²) >= 11 is 0. The topological polar surface area (TPSA) is 27.7 Å². The van der Waals surface area contributed by atoms with Crippen molar-refractivity contribution >= 4 is 0 Å². The molecule has 4 aromatic carbocycles. The lowest BCUT2D eigenvalue weighted by atomic mass is 10.0. The summed E-state index contributed by atoms with van der Waals surface area (Å²) in [6, 6.07) is 32.2. The van der Waals surface area contributed by atoms with E-state index in [0.717, 1.165) is 70.9 Å². The van der Waals surface area contributed by atoms with Crippen molar-refractivity contribution < 1.29 is 14.2 Å². The first-order valence-corrected chi connectivity index (χ1v) is 12.5. The van der Waals surface area contributed by atoms with Crippen LogP contribution in [0.4, 0.5) is 0 Å². The molecule has 4 rings (SSSR count). The molecule has 0 radical (unpaired) electrons. The Bertz CT molecular complexity index is 1250. The normalized spacial score (nSPS) is 10.2. The highest BCUT2D eigenvalue weighted by atomic mass is 16.5. The Labute approximate surface area is 220 Å². The van der Waals surface area contributed by atoms with E-state index in [2.05, 4.69) is 24.0 Å². The number of rotatable bonds is 12. The van der Waals surface area contributed by atoms with Gasteiger partial charge in [-0.25, -0.2) is 0 Å². The lowest BCUT2D eigenvalue weighted by Crippen LogP contribution is -1.96. The van der Waals surface area contributed by atoms with Crippen molar-refractivity contribution in [2.75, 3.05) is 13.2 Å². The Morgan fingerprint density at radius 2 is 0.919 bits per heavy atom. The highest BCUT2D eigenvalue weighted by molar-refractivity contribution is 5.74. The summed E-state index contributed by atoms with van der Waals surface area (Å²) in [7, 11) is 0. The summed E-state index contributed by atoms with van der Waals surface area (Å²) in [5.41, 5.74) is 4.12. The second-order valence-corrected chi connectivity index (χ2v) is 8.46. The first-order valence-electron chi connectivity index (χ1n) is 12.5. The van der Waals surface area contributed by atoms with Gasteiger partial charge < -0.3 is 14.2 Å². The first-order chi connectivity index (χ1) is 18.3. The quantitative estimate of drug-likeness (QED) is 0.149. The zero-order chi connectivity index (χ0) is 25.7. The predicted octanol–water partition coefficient (Wildman–Crippen LogP) is 8.40. The molecule has 0 aliphatic rings. The van der Waals surface area contributed by atoms with E-state index in [0.29, 0.717) is 13.2 Å². The molecule has 0 aliphatic heterocycles. The van der Waals surface area contributed by atoms with Crippen molar-refractivity contribution in [2.45, 2.75) is 25.7 Å². The Morgan fingerprint density at radius 3 is 1.32 bits per heavy atom. The van der Waals surface area contributed by atoms with Gasteiger partial charge in [0.1, 0.15) is 23.0 Å². The van der Waals surface area contributed by atoms with Gasteiger partial charge in [0.25, 0.3) is 0 Å².